The molecule has 15 nitrogen and oxygen atoms in total. The van der Waals surface area contributed by atoms with E-state index in [1.165, 1.54) is 0 Å². The highest BCUT2D eigenvalue weighted by Gasteiger charge is 2.38. The van der Waals surface area contributed by atoms with Crippen LogP contribution in [0.1, 0.15) is 12.8 Å². The summed E-state index contributed by atoms with van der Waals surface area (Å²) in [5, 5.41) is 56.4. The molecule has 32 heavy (non-hydrogen) atoms. The van der Waals surface area contributed by atoms with Crippen LogP contribution in [-0.4, -0.2) is 104 Å². The predicted octanol–water partition coefficient (Wildman–Crippen LogP) is -3.61. The van der Waals surface area contributed by atoms with Crippen molar-refractivity contribution in [2.24, 2.45) is 5.73 Å². The lowest BCUT2D eigenvalue weighted by Crippen LogP contribution is -2.49. The van der Waals surface area contributed by atoms with Gasteiger partial charge in [-0.15, -0.1) is 0 Å². The second-order valence-corrected chi connectivity index (χ2v) is 6.57. The normalized spacial score (nSPS) is 17.9. The summed E-state index contributed by atoms with van der Waals surface area (Å²) in [6, 6.07) is -2.15. The van der Waals surface area contributed by atoms with Crippen molar-refractivity contribution in [3.8, 4) is 0 Å². The molecule has 2 amide bonds. The summed E-state index contributed by atoms with van der Waals surface area (Å²) < 4.78 is 4.32. The van der Waals surface area contributed by atoms with Gasteiger partial charge in [-0.2, -0.15) is 12.6 Å². The van der Waals surface area contributed by atoms with E-state index in [2.05, 4.69) is 28.0 Å². The van der Waals surface area contributed by atoms with E-state index in [9.17, 15) is 24.0 Å². The number of nitrogens with two attached hydrogens (primary N) is 1. The first-order valence-corrected chi connectivity index (χ1v) is 9.48. The molecular formula is C16H25N3O12S. The van der Waals surface area contributed by atoms with Gasteiger partial charge in [-0.25, -0.2) is 4.79 Å². The van der Waals surface area contributed by atoms with Gasteiger partial charge in [-0.05, 0) is 6.42 Å². The number of carboxylic acid groups (broad SMARTS) is 2. The van der Waals surface area contributed by atoms with Crippen LogP contribution in [0, 0.1) is 0 Å². The van der Waals surface area contributed by atoms with Crippen molar-refractivity contribution < 1.29 is 59.3 Å². The average molecular weight is 483 g/mol. The first-order valence-electron chi connectivity index (χ1n) is 8.85. The highest BCUT2D eigenvalue weighted by Crippen LogP contribution is 2.20. The van der Waals surface area contributed by atoms with Gasteiger partial charge in [0, 0.05) is 12.2 Å². The van der Waals surface area contributed by atoms with E-state index >= 15 is 0 Å². The van der Waals surface area contributed by atoms with E-state index in [4.69, 9.17) is 36.4 Å². The number of hydrogen-bond donors (Lipinski definition) is 10. The molecule has 2 unspecified atom stereocenters. The van der Waals surface area contributed by atoms with Crippen LogP contribution in [0.3, 0.4) is 0 Å². The van der Waals surface area contributed by atoms with Crippen molar-refractivity contribution in [3.05, 3.63) is 11.5 Å². The number of hydrogen-bond acceptors (Lipinski definition) is 12. The second-order valence-electron chi connectivity index (χ2n) is 6.21. The van der Waals surface area contributed by atoms with Crippen LogP contribution in [0.5, 0.6) is 0 Å². The summed E-state index contributed by atoms with van der Waals surface area (Å²) in [6.07, 6.45) is -3.01. The molecule has 4 atom stereocenters. The lowest BCUT2D eigenvalue weighted by atomic mass is 10.1. The number of thiol groups is 1. The maximum atomic E-state index is 11.5. The van der Waals surface area contributed by atoms with Crippen LogP contribution >= 0.6 is 12.6 Å². The van der Waals surface area contributed by atoms with Crippen LogP contribution in [0.25, 0.3) is 0 Å². The van der Waals surface area contributed by atoms with Crippen molar-refractivity contribution in [3.63, 3.8) is 0 Å². The van der Waals surface area contributed by atoms with Crippen molar-refractivity contribution in [2.75, 3.05) is 18.9 Å². The molecule has 1 aliphatic rings. The highest BCUT2D eigenvalue weighted by molar-refractivity contribution is 7.80. The molecule has 0 bridgehead atoms. The molecule has 0 radical (unpaired) electrons. The van der Waals surface area contributed by atoms with Gasteiger partial charge in [-0.3, -0.25) is 19.2 Å². The third-order valence-electron chi connectivity index (χ3n) is 3.72. The van der Waals surface area contributed by atoms with Crippen LogP contribution in [0.2, 0.25) is 0 Å². The molecule has 0 aromatic rings. The Kier molecular flexibility index (Phi) is 12.7. The minimum Gasteiger partial charge on any atom is -0.505 e. The topological polar surface area (TPSA) is 266 Å². The van der Waals surface area contributed by atoms with Crippen molar-refractivity contribution >= 4 is 42.4 Å². The third-order valence-corrected chi connectivity index (χ3v) is 4.09. The zero-order chi connectivity index (χ0) is 25.0. The standard InChI is InChI=1S/C10H17N3O6S.C6H8O6/c11-5(10(18)19)1-2-7(14)13-6(4-20)9(17)12-3-8(15)16;7-1-2(8)5-3(9)4(10)6(11)12-5/h5-6,20H,1-4,11H2,(H,12,17)(H,13,14)(H,15,16)(H,18,19);2,5,7-10H,1H2/t;2-,5+/m.0/s1. The number of aliphatic hydroxyl groups excluding tert-OH is 4. The zero-order valence-corrected chi connectivity index (χ0v) is 17.4. The number of amides is 2. The molecule has 1 aliphatic heterocycles. The Balaban J connectivity index is 0.000000677. The number of aliphatic hydroxyl groups is 4. The summed E-state index contributed by atoms with van der Waals surface area (Å²) in [4.78, 5) is 54.3. The van der Waals surface area contributed by atoms with Gasteiger partial charge in [0.05, 0.1) is 6.61 Å². The lowest BCUT2D eigenvalue weighted by Gasteiger charge is -2.16. The van der Waals surface area contributed by atoms with Crippen LogP contribution < -0.4 is 16.4 Å². The van der Waals surface area contributed by atoms with Crippen molar-refractivity contribution in [1.29, 1.82) is 0 Å². The molecule has 1 heterocycles. The average Bonchev–Trinajstić information content (AvgIpc) is 3.00. The van der Waals surface area contributed by atoms with Gasteiger partial charge < -0.3 is 51.7 Å². The smallest absolute Gasteiger partial charge is 0.377 e. The Morgan fingerprint density at radius 3 is 2.19 bits per heavy atom. The number of carboxylic acids is 2. The molecule has 1 rings (SSSR count). The number of ether oxygens (including phenoxy) is 1. The highest BCUT2D eigenvalue weighted by atomic mass is 32.1. The number of carbonyl (C=O) groups is 5. The summed E-state index contributed by atoms with van der Waals surface area (Å²) in [5.74, 6) is -6.48. The quantitative estimate of drug-likeness (QED) is 0.101. The number of nitrogens with one attached hydrogen (secondary N) is 2. The largest absolute Gasteiger partial charge is 0.505 e. The molecule has 0 aliphatic carbocycles. The maximum Gasteiger partial charge on any atom is 0.377 e. The Morgan fingerprint density at radius 1 is 1.19 bits per heavy atom. The molecule has 0 saturated heterocycles. The van der Waals surface area contributed by atoms with E-state index < -0.39 is 78.7 Å². The van der Waals surface area contributed by atoms with Gasteiger partial charge in [0.2, 0.25) is 17.6 Å². The number of esters is 1. The minimum absolute atomic E-state index is 0.0256. The van der Waals surface area contributed by atoms with Crippen molar-refractivity contribution in [1.82, 2.24) is 10.6 Å². The molecule has 182 valence electrons. The second kappa shape index (κ2) is 14.1. The molecule has 0 aromatic carbocycles. The fraction of sp³-hybridized carbons (Fsp3) is 0.562. The monoisotopic (exact) mass is 483 g/mol. The van der Waals surface area contributed by atoms with Crippen LogP contribution in [0.4, 0.5) is 0 Å². The van der Waals surface area contributed by atoms with Gasteiger partial charge in [-0.1, -0.05) is 0 Å². The molecule has 0 fully saturated rings. The Morgan fingerprint density at radius 2 is 1.78 bits per heavy atom. The van der Waals surface area contributed by atoms with Crippen molar-refractivity contribution in [2.45, 2.75) is 37.1 Å². The molecule has 0 aromatic heterocycles. The molecule has 10 N–H and O–H groups in total. The van der Waals surface area contributed by atoms with Gasteiger partial charge in [0.15, 0.2) is 11.9 Å². The molecule has 0 saturated carbocycles. The van der Waals surface area contributed by atoms with E-state index in [0.717, 1.165) is 0 Å². The van der Waals surface area contributed by atoms with E-state index in [1.807, 2.05) is 0 Å². The third kappa shape index (κ3) is 9.82. The lowest BCUT2D eigenvalue weighted by molar-refractivity contribution is -0.147. The Hall–Kier alpha value is -3.08. The Bertz CT molecular complexity index is 744. The van der Waals surface area contributed by atoms with E-state index in [0.29, 0.717) is 0 Å². The SMILES string of the molecule is NC(CCC(=O)NC(CS)C(=O)NCC(=O)O)C(=O)O.O=C1O[C@H]([C@@H](O)CO)C(O)=C1O. The summed E-state index contributed by atoms with van der Waals surface area (Å²) in [7, 11) is 0. The van der Waals surface area contributed by atoms with E-state index in [-0.39, 0.29) is 18.6 Å². The fourth-order valence-electron chi connectivity index (χ4n) is 1.98. The van der Waals surface area contributed by atoms with Gasteiger partial charge in [0.25, 0.3) is 0 Å². The maximum absolute atomic E-state index is 11.5. The van der Waals surface area contributed by atoms with Gasteiger partial charge >= 0.3 is 17.9 Å². The first-order chi connectivity index (χ1) is 14.8. The van der Waals surface area contributed by atoms with E-state index in [1.54, 1.807) is 0 Å². The first kappa shape index (κ1) is 28.9. The number of rotatable bonds is 11. The molecular weight excluding hydrogens is 458 g/mol. The number of carbonyl (C=O) groups excluding carboxylic acids is 3. The fourth-order valence-corrected chi connectivity index (χ4v) is 2.24. The zero-order valence-electron chi connectivity index (χ0n) is 16.5. The molecule has 16 heteroatoms. The van der Waals surface area contributed by atoms with Crippen LogP contribution in [-0.2, 0) is 28.7 Å². The number of aliphatic carboxylic acids is 2. The number of cyclic esters (lactones) is 1. The summed E-state index contributed by atoms with van der Waals surface area (Å²) in [6.45, 7) is -1.24. The Labute approximate surface area is 186 Å². The van der Waals surface area contributed by atoms with Gasteiger partial charge in [0.1, 0.15) is 24.7 Å². The molecule has 0 spiro atoms. The summed E-state index contributed by atoms with van der Waals surface area (Å²) in [5.41, 5.74) is 5.23. The van der Waals surface area contributed by atoms with Crippen LogP contribution in [0.15, 0.2) is 11.5 Å². The predicted molar refractivity (Wildman–Crippen MR) is 107 cm³/mol. The summed E-state index contributed by atoms with van der Waals surface area (Å²) >= 11 is 3.87. The minimum atomic E-state index is -1.42.